The summed E-state index contributed by atoms with van der Waals surface area (Å²) in [5.41, 5.74) is 1.89. The number of aliphatic imine (C=N–C) groups is 1. The van der Waals surface area contributed by atoms with Crippen molar-refractivity contribution in [2.75, 3.05) is 25.6 Å². The molecule has 0 fully saturated rings. The maximum atomic E-state index is 5.57. The molecule has 0 saturated heterocycles. The zero-order chi connectivity index (χ0) is 20.5. The summed E-state index contributed by atoms with van der Waals surface area (Å²) in [6.07, 6.45) is 5.35. The third-order valence-electron chi connectivity index (χ3n) is 4.04. The molecule has 0 amide bonds. The van der Waals surface area contributed by atoms with Gasteiger partial charge in [0, 0.05) is 36.9 Å². The first kappa shape index (κ1) is 20.2. The molecule has 0 unspecified atom stereocenters. The van der Waals surface area contributed by atoms with E-state index in [0.717, 1.165) is 23.6 Å². The van der Waals surface area contributed by atoms with E-state index in [0.29, 0.717) is 30.6 Å². The number of ether oxygens (including phenoxy) is 2. The molecule has 2 N–H and O–H groups in total. The second-order valence-electron chi connectivity index (χ2n) is 6.09. The Hall–Kier alpha value is -3.55. The monoisotopic (exact) mass is 394 g/mol. The van der Waals surface area contributed by atoms with Gasteiger partial charge in [0.2, 0.25) is 0 Å². The molecular weight excluding hydrogens is 368 g/mol. The van der Waals surface area contributed by atoms with Crippen LogP contribution in [-0.4, -0.2) is 41.0 Å². The smallest absolute Gasteiger partial charge is 0.196 e. The molecule has 152 valence electrons. The summed E-state index contributed by atoms with van der Waals surface area (Å²) < 4.78 is 12.7. The molecule has 2 heterocycles. The Kier molecular flexibility index (Phi) is 7.05. The van der Waals surface area contributed by atoms with Crippen molar-refractivity contribution in [3.8, 4) is 17.3 Å². The quantitative estimate of drug-likeness (QED) is 0.451. The minimum atomic E-state index is 0.500. The number of hydrogen-bond acceptors (Lipinski definition) is 5. The van der Waals surface area contributed by atoms with Crippen molar-refractivity contribution in [3.63, 3.8) is 0 Å². The van der Waals surface area contributed by atoms with E-state index in [4.69, 9.17) is 9.47 Å². The Balaban J connectivity index is 1.74. The van der Waals surface area contributed by atoms with E-state index in [1.807, 2.05) is 56.4 Å². The van der Waals surface area contributed by atoms with Gasteiger partial charge in [-0.2, -0.15) is 5.10 Å². The number of hydrogen-bond donors (Lipinski definition) is 2. The summed E-state index contributed by atoms with van der Waals surface area (Å²) in [5, 5.41) is 10.8. The molecule has 3 aromatic rings. The zero-order valence-corrected chi connectivity index (χ0v) is 16.9. The van der Waals surface area contributed by atoms with E-state index in [2.05, 4.69) is 25.7 Å². The van der Waals surface area contributed by atoms with Crippen LogP contribution in [-0.2, 0) is 6.54 Å². The number of benzene rings is 1. The molecule has 2 aromatic heterocycles. The van der Waals surface area contributed by atoms with Gasteiger partial charge < -0.3 is 20.1 Å². The number of pyridine rings is 1. The average Bonchev–Trinajstić information content (AvgIpc) is 3.28. The fourth-order valence-corrected chi connectivity index (χ4v) is 2.72. The van der Waals surface area contributed by atoms with Crippen LogP contribution < -0.4 is 20.1 Å². The molecule has 0 spiro atoms. The fraction of sp³-hybridized carbons (Fsp3) is 0.286. The van der Waals surface area contributed by atoms with Gasteiger partial charge in [0.1, 0.15) is 0 Å². The van der Waals surface area contributed by atoms with Crippen LogP contribution in [0.1, 0.15) is 19.4 Å². The molecule has 0 aliphatic rings. The molecule has 3 rings (SSSR count). The number of rotatable bonds is 8. The van der Waals surface area contributed by atoms with Gasteiger partial charge in [-0.05, 0) is 49.7 Å². The van der Waals surface area contributed by atoms with Crippen molar-refractivity contribution in [2.24, 2.45) is 4.99 Å². The van der Waals surface area contributed by atoms with Crippen LogP contribution in [0.25, 0.3) is 5.82 Å². The van der Waals surface area contributed by atoms with Crippen LogP contribution >= 0.6 is 0 Å². The van der Waals surface area contributed by atoms with Crippen LogP contribution in [0.5, 0.6) is 11.5 Å². The minimum Gasteiger partial charge on any atom is -0.493 e. The predicted octanol–water partition coefficient (Wildman–Crippen LogP) is 3.25. The molecule has 1 aromatic carbocycles. The van der Waals surface area contributed by atoms with Gasteiger partial charge >= 0.3 is 0 Å². The first-order chi connectivity index (χ1) is 14.2. The molecule has 0 saturated carbocycles. The Morgan fingerprint density at radius 3 is 2.76 bits per heavy atom. The highest BCUT2D eigenvalue weighted by molar-refractivity contribution is 5.93. The second kappa shape index (κ2) is 10.1. The van der Waals surface area contributed by atoms with Crippen molar-refractivity contribution in [1.82, 2.24) is 20.1 Å². The number of nitrogens with zero attached hydrogens (tertiary/aromatic N) is 4. The summed E-state index contributed by atoms with van der Waals surface area (Å²) in [4.78, 5) is 9.03. The van der Waals surface area contributed by atoms with E-state index in [9.17, 15) is 0 Å². The van der Waals surface area contributed by atoms with Crippen molar-refractivity contribution in [3.05, 3.63) is 60.6 Å². The third-order valence-corrected chi connectivity index (χ3v) is 4.04. The largest absolute Gasteiger partial charge is 0.493 e. The van der Waals surface area contributed by atoms with E-state index < -0.39 is 0 Å². The Morgan fingerprint density at radius 1 is 1.14 bits per heavy atom. The van der Waals surface area contributed by atoms with E-state index in [1.165, 1.54) is 0 Å². The highest BCUT2D eigenvalue weighted by Gasteiger charge is 2.07. The summed E-state index contributed by atoms with van der Waals surface area (Å²) in [6.45, 7) is 5.80. The lowest BCUT2D eigenvalue weighted by molar-refractivity contribution is 0.311. The molecule has 29 heavy (non-hydrogen) atoms. The molecule has 8 heteroatoms. The lowest BCUT2D eigenvalue weighted by atomic mass is 10.2. The van der Waals surface area contributed by atoms with Crippen molar-refractivity contribution in [2.45, 2.75) is 20.4 Å². The number of aromatic nitrogens is 3. The minimum absolute atomic E-state index is 0.500. The Labute approximate surface area is 170 Å². The Bertz CT molecular complexity index is 940. The lowest BCUT2D eigenvalue weighted by Gasteiger charge is -2.14. The fourth-order valence-electron chi connectivity index (χ4n) is 2.72. The highest BCUT2D eigenvalue weighted by atomic mass is 16.5. The van der Waals surface area contributed by atoms with Crippen LogP contribution in [0, 0.1) is 0 Å². The summed E-state index contributed by atoms with van der Waals surface area (Å²) >= 11 is 0. The zero-order valence-electron chi connectivity index (χ0n) is 16.9. The molecule has 0 atom stereocenters. The van der Waals surface area contributed by atoms with E-state index >= 15 is 0 Å². The van der Waals surface area contributed by atoms with Crippen LogP contribution in [0.15, 0.2) is 60.0 Å². The van der Waals surface area contributed by atoms with Crippen LogP contribution in [0.3, 0.4) is 0 Å². The topological polar surface area (TPSA) is 85.6 Å². The van der Waals surface area contributed by atoms with Crippen LogP contribution in [0.4, 0.5) is 5.69 Å². The van der Waals surface area contributed by atoms with Gasteiger partial charge in [-0.15, -0.1) is 0 Å². The lowest BCUT2D eigenvalue weighted by Crippen LogP contribution is -2.30. The maximum Gasteiger partial charge on any atom is 0.196 e. The number of anilines is 1. The van der Waals surface area contributed by atoms with Crippen molar-refractivity contribution in [1.29, 1.82) is 0 Å². The average molecular weight is 394 g/mol. The first-order valence-corrected chi connectivity index (χ1v) is 9.54. The normalized spacial score (nSPS) is 11.2. The van der Waals surface area contributed by atoms with Crippen molar-refractivity contribution >= 4 is 11.6 Å². The van der Waals surface area contributed by atoms with Crippen molar-refractivity contribution < 1.29 is 9.47 Å². The molecule has 8 nitrogen and oxygen atoms in total. The summed E-state index contributed by atoms with van der Waals surface area (Å²) in [7, 11) is 1.63. The van der Waals surface area contributed by atoms with Gasteiger partial charge in [0.15, 0.2) is 23.3 Å². The molecular formula is C21H26N6O2. The molecule has 0 radical (unpaired) electrons. The molecule has 0 bridgehead atoms. The van der Waals surface area contributed by atoms with Gasteiger partial charge in [-0.1, -0.05) is 0 Å². The third kappa shape index (κ3) is 5.47. The highest BCUT2D eigenvalue weighted by Crippen LogP contribution is 2.30. The molecule has 0 aliphatic carbocycles. The molecule has 0 aliphatic heterocycles. The second-order valence-corrected chi connectivity index (χ2v) is 6.09. The van der Waals surface area contributed by atoms with Gasteiger partial charge in [-0.25, -0.2) is 14.7 Å². The summed E-state index contributed by atoms with van der Waals surface area (Å²) in [5.74, 6) is 2.82. The summed E-state index contributed by atoms with van der Waals surface area (Å²) in [6, 6.07) is 11.5. The predicted molar refractivity (Wildman–Crippen MR) is 114 cm³/mol. The van der Waals surface area contributed by atoms with Gasteiger partial charge in [0.05, 0.1) is 20.3 Å². The van der Waals surface area contributed by atoms with Gasteiger partial charge in [0.25, 0.3) is 0 Å². The standard InChI is InChI=1S/C21H26N6O2/c1-4-22-21(26-17-7-8-18(29-5-2)19(14-17)28-3)24-15-16-9-11-23-20(13-16)27-12-6-10-25-27/h6-14H,4-5,15H2,1-3H3,(H2,22,24,26). The van der Waals surface area contributed by atoms with Gasteiger partial charge in [-0.3, -0.25) is 0 Å². The SMILES string of the molecule is CCNC(=NCc1ccnc(-n2cccn2)c1)Nc1ccc(OCC)c(OC)c1. The van der Waals surface area contributed by atoms with Crippen LogP contribution in [0.2, 0.25) is 0 Å². The number of methoxy groups -OCH3 is 1. The Morgan fingerprint density at radius 2 is 2.03 bits per heavy atom. The van der Waals surface area contributed by atoms with E-state index in [1.54, 1.807) is 24.2 Å². The van der Waals surface area contributed by atoms with E-state index in [-0.39, 0.29) is 0 Å². The number of nitrogens with one attached hydrogen (secondary N) is 2. The maximum absolute atomic E-state index is 5.57. The first-order valence-electron chi connectivity index (χ1n) is 9.54. The number of guanidine groups is 1.